The van der Waals surface area contributed by atoms with Gasteiger partial charge >= 0.3 is 0 Å². The van der Waals surface area contributed by atoms with Crippen LogP contribution in [0, 0.1) is 0 Å². The number of carbonyl (C=O) groups excluding carboxylic acids is 1. The zero-order valence-electron chi connectivity index (χ0n) is 14.2. The number of nitrogens with zero attached hydrogens (tertiary/aromatic N) is 3. The average molecular weight is 342 g/mol. The predicted octanol–water partition coefficient (Wildman–Crippen LogP) is 1.54. The molecule has 1 atom stereocenters. The number of carbonyl (C=O) groups is 1. The summed E-state index contributed by atoms with van der Waals surface area (Å²) in [6.45, 7) is 1.70. The van der Waals surface area contributed by atoms with E-state index < -0.39 is 0 Å². The summed E-state index contributed by atoms with van der Waals surface area (Å²) in [5.74, 6) is 0.982. The molecule has 2 aromatic heterocycles. The molecule has 0 aliphatic carbocycles. The second kappa shape index (κ2) is 7.94. The highest BCUT2D eigenvalue weighted by molar-refractivity contribution is 5.94. The Morgan fingerprint density at radius 2 is 2.28 bits per heavy atom. The largest absolute Gasteiger partial charge is 0.481 e. The number of morpholine rings is 1. The summed E-state index contributed by atoms with van der Waals surface area (Å²) in [5, 5.41) is 0. The van der Waals surface area contributed by atoms with Crippen LogP contribution in [0.15, 0.2) is 36.7 Å². The minimum absolute atomic E-state index is 0.0123. The number of rotatable bonds is 5. The first-order valence-electron chi connectivity index (χ1n) is 8.27. The number of hydrogen-bond acceptors (Lipinski definition) is 6. The van der Waals surface area contributed by atoms with Crippen molar-refractivity contribution in [3.05, 3.63) is 47.8 Å². The minimum atomic E-state index is -0.0309. The quantitative estimate of drug-likeness (QED) is 0.886. The number of aryl methyl sites for hydroxylation is 1. The summed E-state index contributed by atoms with van der Waals surface area (Å²) in [5.41, 5.74) is 7.39. The topological polar surface area (TPSA) is 90.6 Å². The van der Waals surface area contributed by atoms with Crippen LogP contribution in [0.25, 0.3) is 0 Å². The van der Waals surface area contributed by atoms with Crippen LogP contribution in [0.2, 0.25) is 0 Å². The fourth-order valence-corrected chi connectivity index (χ4v) is 2.87. The number of methoxy groups -OCH3 is 1. The number of anilines is 1. The van der Waals surface area contributed by atoms with Gasteiger partial charge in [-0.1, -0.05) is 0 Å². The summed E-state index contributed by atoms with van der Waals surface area (Å²) in [6, 6.07) is 7.25. The van der Waals surface area contributed by atoms with Crippen LogP contribution in [-0.4, -0.2) is 53.7 Å². The van der Waals surface area contributed by atoms with Crippen LogP contribution in [-0.2, 0) is 11.2 Å². The van der Waals surface area contributed by atoms with Gasteiger partial charge in [0, 0.05) is 31.5 Å². The summed E-state index contributed by atoms with van der Waals surface area (Å²) in [7, 11) is 1.55. The smallest absolute Gasteiger partial charge is 0.255 e. The Kier molecular flexibility index (Phi) is 5.45. The first-order valence-corrected chi connectivity index (χ1v) is 8.27. The molecular weight excluding hydrogens is 320 g/mol. The molecule has 1 fully saturated rings. The maximum absolute atomic E-state index is 12.6. The van der Waals surface area contributed by atoms with E-state index in [1.54, 1.807) is 31.6 Å². The van der Waals surface area contributed by atoms with Crippen molar-refractivity contribution < 1.29 is 14.3 Å². The number of nitrogens with two attached hydrogens (primary N) is 1. The molecule has 0 aromatic carbocycles. The van der Waals surface area contributed by atoms with Crippen LogP contribution >= 0.6 is 0 Å². The molecule has 2 aromatic rings. The van der Waals surface area contributed by atoms with Crippen LogP contribution in [0.4, 0.5) is 5.82 Å². The van der Waals surface area contributed by atoms with Crippen molar-refractivity contribution in [3.8, 4) is 5.88 Å². The van der Waals surface area contributed by atoms with Crippen molar-refractivity contribution in [2.45, 2.75) is 18.9 Å². The molecule has 132 valence electrons. The Hall–Kier alpha value is -2.67. The highest BCUT2D eigenvalue weighted by Gasteiger charge is 2.25. The van der Waals surface area contributed by atoms with Gasteiger partial charge in [-0.2, -0.15) is 0 Å². The molecule has 7 heteroatoms. The monoisotopic (exact) mass is 342 g/mol. The van der Waals surface area contributed by atoms with E-state index in [9.17, 15) is 4.79 Å². The number of pyridine rings is 2. The number of ether oxygens (including phenoxy) is 2. The number of amides is 1. The molecule has 1 aliphatic rings. The second-order valence-corrected chi connectivity index (χ2v) is 5.96. The van der Waals surface area contributed by atoms with Gasteiger partial charge in [-0.15, -0.1) is 0 Å². The average Bonchev–Trinajstić information content (AvgIpc) is 2.66. The van der Waals surface area contributed by atoms with E-state index in [2.05, 4.69) is 9.97 Å². The number of aromatic nitrogens is 2. The highest BCUT2D eigenvalue weighted by Crippen LogP contribution is 2.16. The van der Waals surface area contributed by atoms with Gasteiger partial charge in [-0.05, 0) is 36.6 Å². The van der Waals surface area contributed by atoms with Gasteiger partial charge in [-0.25, -0.2) is 9.97 Å². The van der Waals surface area contributed by atoms with E-state index in [4.69, 9.17) is 15.2 Å². The lowest BCUT2D eigenvalue weighted by molar-refractivity contribution is -0.0246. The third-order valence-corrected chi connectivity index (χ3v) is 4.22. The Bertz CT molecular complexity index is 721. The molecule has 2 N–H and O–H groups in total. The van der Waals surface area contributed by atoms with E-state index >= 15 is 0 Å². The van der Waals surface area contributed by atoms with Crippen molar-refractivity contribution in [2.24, 2.45) is 0 Å². The van der Waals surface area contributed by atoms with Crippen molar-refractivity contribution >= 4 is 11.7 Å². The summed E-state index contributed by atoms with van der Waals surface area (Å²) in [6.07, 6.45) is 4.93. The standard InChI is InChI=1S/C18H22N4O3/c1-24-17-5-3-14(11-21-17)18(23)22-8-9-25-15(12-22)4-2-13-6-7-20-16(19)10-13/h3,5-7,10-11,15H,2,4,8-9,12H2,1H3,(H2,19,20). The predicted molar refractivity (Wildman–Crippen MR) is 93.4 cm³/mol. The summed E-state index contributed by atoms with van der Waals surface area (Å²) < 4.78 is 10.8. The Morgan fingerprint density at radius 3 is 3.00 bits per heavy atom. The third kappa shape index (κ3) is 4.45. The highest BCUT2D eigenvalue weighted by atomic mass is 16.5. The lowest BCUT2D eigenvalue weighted by Gasteiger charge is -2.33. The second-order valence-electron chi connectivity index (χ2n) is 5.96. The van der Waals surface area contributed by atoms with Crippen LogP contribution < -0.4 is 10.5 Å². The minimum Gasteiger partial charge on any atom is -0.481 e. The Labute approximate surface area is 146 Å². The van der Waals surface area contributed by atoms with Gasteiger partial charge in [-0.3, -0.25) is 4.79 Å². The lowest BCUT2D eigenvalue weighted by atomic mass is 10.1. The van der Waals surface area contributed by atoms with Crippen LogP contribution in [0.1, 0.15) is 22.3 Å². The number of nitrogen functional groups attached to an aromatic ring is 1. The van der Waals surface area contributed by atoms with Crippen molar-refractivity contribution in [1.29, 1.82) is 0 Å². The maximum Gasteiger partial charge on any atom is 0.255 e. The van der Waals surface area contributed by atoms with Gasteiger partial charge in [0.1, 0.15) is 5.82 Å². The fourth-order valence-electron chi connectivity index (χ4n) is 2.87. The van der Waals surface area contributed by atoms with E-state index in [0.717, 1.165) is 18.4 Å². The van der Waals surface area contributed by atoms with E-state index in [1.165, 1.54) is 0 Å². The van der Waals surface area contributed by atoms with Gasteiger partial charge in [0.15, 0.2) is 0 Å². The fraction of sp³-hybridized carbons (Fsp3) is 0.389. The van der Waals surface area contributed by atoms with E-state index in [1.807, 2.05) is 17.0 Å². The molecule has 1 saturated heterocycles. The molecule has 0 spiro atoms. The van der Waals surface area contributed by atoms with Crippen molar-refractivity contribution in [1.82, 2.24) is 14.9 Å². The molecular formula is C18H22N4O3. The van der Waals surface area contributed by atoms with Crippen LogP contribution in [0.3, 0.4) is 0 Å². The maximum atomic E-state index is 12.6. The molecule has 0 bridgehead atoms. The molecule has 0 radical (unpaired) electrons. The summed E-state index contributed by atoms with van der Waals surface area (Å²) in [4.78, 5) is 22.5. The third-order valence-electron chi connectivity index (χ3n) is 4.22. The van der Waals surface area contributed by atoms with Gasteiger partial charge in [0.2, 0.25) is 5.88 Å². The molecule has 1 unspecified atom stereocenters. The van der Waals surface area contributed by atoms with Gasteiger partial charge in [0.05, 0.1) is 25.4 Å². The lowest BCUT2D eigenvalue weighted by Crippen LogP contribution is -2.45. The normalized spacial score (nSPS) is 17.3. The van der Waals surface area contributed by atoms with Gasteiger partial charge < -0.3 is 20.1 Å². The zero-order chi connectivity index (χ0) is 17.6. The summed E-state index contributed by atoms with van der Waals surface area (Å²) >= 11 is 0. The first kappa shape index (κ1) is 17.2. The molecule has 25 heavy (non-hydrogen) atoms. The molecule has 0 saturated carbocycles. The zero-order valence-corrected chi connectivity index (χ0v) is 14.2. The number of hydrogen-bond donors (Lipinski definition) is 1. The Balaban J connectivity index is 1.57. The molecule has 1 aliphatic heterocycles. The SMILES string of the molecule is COc1ccc(C(=O)N2CCOC(CCc3ccnc(N)c3)C2)cn1. The molecule has 7 nitrogen and oxygen atoms in total. The van der Waals surface area contributed by atoms with E-state index in [0.29, 0.717) is 37.0 Å². The van der Waals surface area contributed by atoms with E-state index in [-0.39, 0.29) is 12.0 Å². The van der Waals surface area contributed by atoms with Crippen molar-refractivity contribution in [3.63, 3.8) is 0 Å². The Morgan fingerprint density at radius 1 is 1.40 bits per heavy atom. The first-order chi connectivity index (χ1) is 12.2. The molecule has 3 rings (SSSR count). The van der Waals surface area contributed by atoms with Crippen LogP contribution in [0.5, 0.6) is 5.88 Å². The molecule has 3 heterocycles. The van der Waals surface area contributed by atoms with Crippen molar-refractivity contribution in [2.75, 3.05) is 32.5 Å². The molecule has 1 amide bonds. The van der Waals surface area contributed by atoms with Gasteiger partial charge in [0.25, 0.3) is 5.91 Å².